The van der Waals surface area contributed by atoms with Gasteiger partial charge in [0.05, 0.1) is 24.0 Å². The van der Waals surface area contributed by atoms with Gasteiger partial charge in [-0.3, -0.25) is 9.79 Å². The number of nitrogens with one attached hydrogen (secondary N) is 2. The molecule has 0 radical (unpaired) electrons. The van der Waals surface area contributed by atoms with Gasteiger partial charge in [0.15, 0.2) is 0 Å². The highest BCUT2D eigenvalue weighted by atomic mass is 16.5. The number of amidine groups is 1. The average molecular weight is 441 g/mol. The quantitative estimate of drug-likeness (QED) is 0.428. The van der Waals surface area contributed by atoms with Crippen LogP contribution in [0.3, 0.4) is 0 Å². The van der Waals surface area contributed by atoms with Gasteiger partial charge in [0.1, 0.15) is 5.82 Å². The molecule has 0 spiro atoms. The molecule has 1 aliphatic rings. The Hall–Kier alpha value is -2.74. The summed E-state index contributed by atoms with van der Waals surface area (Å²) in [5.41, 5.74) is 7.54. The second-order valence-electron chi connectivity index (χ2n) is 9.57. The molecule has 2 atom stereocenters. The Morgan fingerprint density at radius 3 is 2.75 bits per heavy atom. The maximum absolute atomic E-state index is 12.9. The first-order valence-electron chi connectivity index (χ1n) is 11.3. The summed E-state index contributed by atoms with van der Waals surface area (Å²) in [4.78, 5) is 26.8. The molecular weight excluding hydrogens is 404 g/mol. The largest absolute Gasteiger partial charge is 0.388 e. The highest BCUT2D eigenvalue weighted by molar-refractivity contribution is 5.96. The average Bonchev–Trinajstić information content (AvgIpc) is 2.73. The van der Waals surface area contributed by atoms with E-state index >= 15 is 0 Å². The van der Waals surface area contributed by atoms with E-state index in [1.807, 2.05) is 39.8 Å². The molecule has 0 unspecified atom stereocenters. The van der Waals surface area contributed by atoms with E-state index in [9.17, 15) is 4.79 Å². The zero-order valence-electron chi connectivity index (χ0n) is 19.9. The molecule has 8 heteroatoms. The monoisotopic (exact) mass is 440 g/mol. The van der Waals surface area contributed by atoms with E-state index < -0.39 is 0 Å². The Morgan fingerprint density at radius 2 is 2.03 bits per heavy atom. The molecule has 0 bridgehead atoms. The third-order valence-corrected chi connectivity index (χ3v) is 5.74. The molecule has 1 aliphatic carbocycles. The lowest BCUT2D eigenvalue weighted by Crippen LogP contribution is -2.38. The Bertz CT molecular complexity index is 984. The number of aromatic nitrogens is 2. The number of aryl methyl sites for hydroxylation is 1. The maximum atomic E-state index is 12.9. The highest BCUT2D eigenvalue weighted by Gasteiger charge is 2.27. The van der Waals surface area contributed by atoms with E-state index in [2.05, 4.69) is 31.7 Å². The van der Waals surface area contributed by atoms with Crippen molar-refractivity contribution in [2.75, 3.05) is 25.6 Å². The van der Waals surface area contributed by atoms with Crippen LogP contribution in [-0.4, -0.2) is 54.1 Å². The number of ether oxygens (including phenoxy) is 1. The number of methoxy groups -OCH3 is 1. The smallest absolute Gasteiger partial charge is 0.289 e. The lowest BCUT2D eigenvalue weighted by Gasteiger charge is -2.30. The van der Waals surface area contributed by atoms with Crippen molar-refractivity contribution in [1.82, 2.24) is 15.3 Å². The minimum atomic E-state index is -0.296. The summed E-state index contributed by atoms with van der Waals surface area (Å²) < 4.78 is 5.24. The molecule has 1 saturated carbocycles. The summed E-state index contributed by atoms with van der Waals surface area (Å²) >= 11 is 0. The lowest BCUT2D eigenvalue weighted by molar-refractivity contribution is 0.0839. The number of nitrogens with zero attached hydrogens (tertiary/aromatic N) is 3. The fourth-order valence-corrected chi connectivity index (χ4v) is 4.17. The van der Waals surface area contributed by atoms with Gasteiger partial charge < -0.3 is 21.1 Å². The molecule has 8 nitrogen and oxygen atoms in total. The Kier molecular flexibility index (Phi) is 7.66. The fourth-order valence-electron chi connectivity index (χ4n) is 4.17. The van der Waals surface area contributed by atoms with Gasteiger partial charge in [-0.2, -0.15) is 0 Å². The molecule has 0 aliphatic heterocycles. The van der Waals surface area contributed by atoms with E-state index in [1.165, 1.54) is 0 Å². The Morgan fingerprint density at radius 1 is 1.28 bits per heavy atom. The molecule has 1 fully saturated rings. The zero-order valence-corrected chi connectivity index (χ0v) is 19.9. The van der Waals surface area contributed by atoms with Gasteiger partial charge in [0, 0.05) is 30.5 Å². The Labute approximate surface area is 190 Å². The minimum absolute atomic E-state index is 0.0932. The van der Waals surface area contributed by atoms with Gasteiger partial charge in [0.2, 0.25) is 5.82 Å². The van der Waals surface area contributed by atoms with E-state index in [-0.39, 0.29) is 29.2 Å². The van der Waals surface area contributed by atoms with Crippen molar-refractivity contribution in [2.45, 2.75) is 65.5 Å². The number of amides is 1. The van der Waals surface area contributed by atoms with Gasteiger partial charge >= 0.3 is 0 Å². The standard InChI is InChI=1S/C24H36N6O2/c1-15-10-11-18-17(12-15)21(29-20-9-7-6-8-19(20)27-16(2)25)30-22(28-18)23(31)26-13-24(3,4)14-32-5/h10-12,19-20H,6-9,13-14H2,1-5H3,(H2,25,27)(H,26,31)(H,28,29,30)/t19-,20+/m1/s1. The topological polar surface area (TPSA) is 115 Å². The van der Waals surface area contributed by atoms with Crippen molar-refractivity contribution < 1.29 is 9.53 Å². The SMILES string of the molecule is COCC(C)(C)CNC(=O)c1nc(N[C@H]2CCCC[C@H]2N=C(C)N)c2cc(C)ccc2n1. The predicted octanol–water partition coefficient (Wildman–Crippen LogP) is 3.44. The number of hydrogen-bond donors (Lipinski definition) is 3. The number of aliphatic imine (C=N–C) groups is 1. The van der Waals surface area contributed by atoms with Crippen molar-refractivity contribution in [1.29, 1.82) is 0 Å². The summed E-state index contributed by atoms with van der Waals surface area (Å²) in [7, 11) is 1.66. The molecule has 2 aromatic rings. The first-order valence-corrected chi connectivity index (χ1v) is 11.3. The number of carbonyl (C=O) groups excluding carboxylic acids is 1. The first-order chi connectivity index (χ1) is 15.2. The predicted molar refractivity (Wildman–Crippen MR) is 129 cm³/mol. The van der Waals surface area contributed by atoms with Crippen LogP contribution in [0.1, 0.15) is 62.6 Å². The molecule has 32 heavy (non-hydrogen) atoms. The van der Waals surface area contributed by atoms with Crippen LogP contribution in [0.15, 0.2) is 23.2 Å². The van der Waals surface area contributed by atoms with Crippen LogP contribution < -0.4 is 16.4 Å². The second-order valence-corrected chi connectivity index (χ2v) is 9.57. The number of benzene rings is 1. The van der Waals surface area contributed by atoms with Crippen LogP contribution in [0.2, 0.25) is 0 Å². The number of nitrogens with two attached hydrogens (primary N) is 1. The van der Waals surface area contributed by atoms with Gasteiger partial charge in [0.25, 0.3) is 5.91 Å². The first kappa shape index (κ1) is 23.9. The van der Waals surface area contributed by atoms with Crippen molar-refractivity contribution in [3.8, 4) is 0 Å². The molecule has 1 aromatic carbocycles. The van der Waals surface area contributed by atoms with E-state index in [1.54, 1.807) is 7.11 Å². The van der Waals surface area contributed by atoms with Crippen LogP contribution >= 0.6 is 0 Å². The summed E-state index contributed by atoms with van der Waals surface area (Å²) in [5, 5.41) is 7.44. The third kappa shape index (κ3) is 6.16. The minimum Gasteiger partial charge on any atom is -0.388 e. The molecule has 1 amide bonds. The summed E-state index contributed by atoms with van der Waals surface area (Å²) in [5.74, 6) is 1.12. The van der Waals surface area contributed by atoms with Crippen LogP contribution in [-0.2, 0) is 4.74 Å². The van der Waals surface area contributed by atoms with Gasteiger partial charge in [-0.1, -0.05) is 38.3 Å². The van der Waals surface area contributed by atoms with Crippen LogP contribution in [0.5, 0.6) is 0 Å². The lowest BCUT2D eigenvalue weighted by atomic mass is 9.90. The van der Waals surface area contributed by atoms with Gasteiger partial charge in [-0.25, -0.2) is 9.97 Å². The normalized spacial score (nSPS) is 19.7. The molecule has 3 rings (SSSR count). The number of carbonyl (C=O) groups is 1. The van der Waals surface area contributed by atoms with Gasteiger partial charge in [-0.05, 0) is 38.8 Å². The number of hydrogen-bond acceptors (Lipinski definition) is 6. The van der Waals surface area contributed by atoms with Crippen LogP contribution in [0, 0.1) is 12.3 Å². The van der Waals surface area contributed by atoms with Crippen LogP contribution in [0.25, 0.3) is 10.9 Å². The number of fused-ring (bicyclic) bond motifs is 1. The maximum Gasteiger partial charge on any atom is 0.289 e. The highest BCUT2D eigenvalue weighted by Crippen LogP contribution is 2.28. The van der Waals surface area contributed by atoms with Crippen molar-refractivity contribution >= 4 is 28.5 Å². The van der Waals surface area contributed by atoms with E-state index in [4.69, 9.17) is 10.5 Å². The number of rotatable bonds is 8. The Balaban J connectivity index is 1.91. The molecule has 4 N–H and O–H groups in total. The molecule has 1 heterocycles. The van der Waals surface area contributed by atoms with Crippen molar-refractivity contribution in [3.05, 3.63) is 29.6 Å². The van der Waals surface area contributed by atoms with Crippen molar-refractivity contribution in [2.24, 2.45) is 16.1 Å². The zero-order chi connectivity index (χ0) is 23.3. The molecule has 1 aromatic heterocycles. The summed E-state index contributed by atoms with van der Waals surface area (Å²) in [6.07, 6.45) is 4.22. The van der Waals surface area contributed by atoms with Crippen molar-refractivity contribution in [3.63, 3.8) is 0 Å². The third-order valence-electron chi connectivity index (χ3n) is 5.74. The summed E-state index contributed by atoms with van der Waals surface area (Å²) in [6.45, 7) is 8.94. The van der Waals surface area contributed by atoms with Crippen LogP contribution in [0.4, 0.5) is 5.82 Å². The molecule has 0 saturated heterocycles. The molecular formula is C24H36N6O2. The van der Waals surface area contributed by atoms with Gasteiger partial charge in [-0.15, -0.1) is 0 Å². The fraction of sp³-hybridized carbons (Fsp3) is 0.583. The molecule has 174 valence electrons. The van der Waals surface area contributed by atoms with E-state index in [0.29, 0.717) is 24.8 Å². The van der Waals surface area contributed by atoms with E-state index in [0.717, 1.165) is 42.1 Å². The summed E-state index contributed by atoms with van der Waals surface area (Å²) in [6, 6.07) is 6.18. The number of anilines is 1. The second kappa shape index (κ2) is 10.3.